The molecule has 0 spiro atoms. The molecular formula is C22H20BrNaO8S4. The zero-order chi connectivity index (χ0) is 27.2. The molecule has 0 aliphatic rings. The van der Waals surface area contributed by atoms with Gasteiger partial charge >= 0.3 is 41.9 Å². The molecule has 0 aliphatic heterocycles. The molecule has 0 amide bonds. The summed E-state index contributed by atoms with van der Waals surface area (Å²) >= 11 is 6.88. The second-order valence-electron chi connectivity index (χ2n) is 6.39. The van der Waals surface area contributed by atoms with E-state index in [1.165, 1.54) is 37.0 Å². The second kappa shape index (κ2) is 18.7. The van der Waals surface area contributed by atoms with Crippen LogP contribution in [0.5, 0.6) is 0 Å². The average Bonchev–Trinajstić information content (AvgIpc) is 3.30. The van der Waals surface area contributed by atoms with Gasteiger partial charge in [-0.3, -0.25) is 0 Å². The van der Waals surface area contributed by atoms with E-state index in [2.05, 4.69) is 47.1 Å². The number of carbonyl (C=O) groups excluding carboxylic acids is 4. The van der Waals surface area contributed by atoms with Gasteiger partial charge in [0, 0.05) is 25.2 Å². The summed E-state index contributed by atoms with van der Waals surface area (Å²) in [5.41, 5.74) is 0. The summed E-state index contributed by atoms with van der Waals surface area (Å²) in [5, 5.41) is 2.34. The molecule has 2 aromatic carbocycles. The van der Waals surface area contributed by atoms with Crippen LogP contribution < -0.4 is 29.6 Å². The van der Waals surface area contributed by atoms with Crippen LogP contribution in [0.1, 0.15) is 9.75 Å². The summed E-state index contributed by atoms with van der Waals surface area (Å²) in [6.45, 7) is 4.12. The third-order valence-corrected chi connectivity index (χ3v) is 8.04. The van der Waals surface area contributed by atoms with Crippen molar-refractivity contribution < 1.29 is 65.6 Å². The van der Waals surface area contributed by atoms with Gasteiger partial charge in [0.1, 0.15) is 0 Å². The van der Waals surface area contributed by atoms with E-state index in [0.717, 1.165) is 21.2 Å². The first kappa shape index (κ1) is 36.7. The summed E-state index contributed by atoms with van der Waals surface area (Å²) in [6.07, 6.45) is 2.83. The van der Waals surface area contributed by atoms with Gasteiger partial charge in [-0.1, -0.05) is 41.2 Å². The van der Waals surface area contributed by atoms with Crippen molar-refractivity contribution in [3.63, 3.8) is 0 Å². The summed E-state index contributed by atoms with van der Waals surface area (Å²) in [6, 6.07) is 15.9. The van der Waals surface area contributed by atoms with E-state index in [1.54, 1.807) is 12.1 Å². The molecule has 0 atom stereocenters. The van der Waals surface area contributed by atoms with Gasteiger partial charge in [0.15, 0.2) is 9.84 Å². The zero-order valence-electron chi connectivity index (χ0n) is 19.9. The van der Waals surface area contributed by atoms with E-state index >= 15 is 0 Å². The fourth-order valence-electron chi connectivity index (χ4n) is 2.61. The standard InChI is InChI=1S/C10H10O2S2.C9H7BrS.CH3O2S.2CO2.Na/c1-7-6-8-4-3-5-9(10(8)13-7)14(2,11)12;1-6-5-7-3-2-4-8(10)9(7)11-6;1-4(2)3;2*2-1-3;/h3-6H,1-2H3;2-5H,1H3;1H3;;;/q;;-1;;;+1. The Bertz CT molecular complexity index is 1490. The van der Waals surface area contributed by atoms with Gasteiger partial charge in [-0.25, -0.2) is 8.42 Å². The van der Waals surface area contributed by atoms with Crippen LogP contribution in [0.15, 0.2) is 57.9 Å². The Morgan fingerprint density at radius 2 is 1.17 bits per heavy atom. The smallest absolute Gasteiger partial charge is 0.424 e. The Kier molecular flexibility index (Phi) is 19.0. The number of halogens is 1. The van der Waals surface area contributed by atoms with Gasteiger partial charge in [-0.05, 0) is 64.8 Å². The number of sulfone groups is 1. The van der Waals surface area contributed by atoms with Crippen LogP contribution in [-0.2, 0) is 48.1 Å². The number of aryl methyl sites for hydroxylation is 2. The Balaban J connectivity index is 0. The van der Waals surface area contributed by atoms with E-state index in [-0.39, 0.29) is 41.9 Å². The van der Waals surface area contributed by atoms with E-state index in [4.69, 9.17) is 27.6 Å². The fraction of sp³-hybridized carbons (Fsp3) is 0.182. The maximum Gasteiger partial charge on any atom is 1.00 e. The van der Waals surface area contributed by atoms with Crippen molar-refractivity contribution in [3.05, 3.63) is 62.8 Å². The Morgan fingerprint density at radius 1 is 0.806 bits per heavy atom. The molecule has 0 radical (unpaired) electrons. The van der Waals surface area contributed by atoms with E-state index in [9.17, 15) is 8.42 Å². The van der Waals surface area contributed by atoms with E-state index < -0.39 is 20.5 Å². The number of benzene rings is 2. The van der Waals surface area contributed by atoms with Crippen molar-refractivity contribution in [2.24, 2.45) is 0 Å². The van der Waals surface area contributed by atoms with Gasteiger partial charge < -0.3 is 8.42 Å². The van der Waals surface area contributed by atoms with Gasteiger partial charge in [-0.15, -0.1) is 22.7 Å². The first-order valence-electron chi connectivity index (χ1n) is 9.15. The van der Waals surface area contributed by atoms with E-state index in [1.807, 2.05) is 30.4 Å². The minimum Gasteiger partial charge on any atom is -0.424 e. The van der Waals surface area contributed by atoms with Crippen molar-refractivity contribution in [2.75, 3.05) is 12.5 Å². The van der Waals surface area contributed by atoms with Crippen LogP contribution in [0.2, 0.25) is 0 Å². The van der Waals surface area contributed by atoms with E-state index in [0.29, 0.717) is 4.90 Å². The molecular weight excluding hydrogens is 623 g/mol. The van der Waals surface area contributed by atoms with Crippen LogP contribution in [0, 0.1) is 13.8 Å². The van der Waals surface area contributed by atoms with Gasteiger partial charge in [0.05, 0.1) is 9.60 Å². The summed E-state index contributed by atoms with van der Waals surface area (Å²) < 4.78 is 44.3. The largest absolute Gasteiger partial charge is 1.00 e. The molecule has 188 valence electrons. The fourth-order valence-corrected chi connectivity index (χ4v) is 6.44. The van der Waals surface area contributed by atoms with Crippen LogP contribution in [0.4, 0.5) is 0 Å². The Labute approximate surface area is 249 Å². The number of hydrogen-bond acceptors (Lipinski definition) is 11. The molecule has 2 heterocycles. The average molecular weight is 644 g/mol. The van der Waals surface area contributed by atoms with Crippen molar-refractivity contribution in [1.82, 2.24) is 0 Å². The molecule has 0 fully saturated rings. The normalized spacial score (nSPS) is 9.39. The third-order valence-electron chi connectivity index (χ3n) is 3.65. The third kappa shape index (κ3) is 13.7. The number of fused-ring (bicyclic) bond motifs is 2. The Hall–Kier alpha value is -1.50. The Morgan fingerprint density at radius 3 is 1.56 bits per heavy atom. The molecule has 8 nitrogen and oxygen atoms in total. The minimum atomic E-state index is -3.11. The van der Waals surface area contributed by atoms with Gasteiger partial charge in [-0.2, -0.15) is 19.2 Å². The SMILES string of the molecule is C[S-](=O)=O.Cc1cc2cccc(Br)c2s1.Cc1cc2cccc(S(C)(=O)=O)c2s1.O=C=O.O=C=O.[Na+]. The van der Waals surface area contributed by atoms with Crippen LogP contribution in [0.25, 0.3) is 20.2 Å². The van der Waals surface area contributed by atoms with Crippen LogP contribution in [0.3, 0.4) is 0 Å². The molecule has 0 bridgehead atoms. The number of rotatable bonds is 1. The summed E-state index contributed by atoms with van der Waals surface area (Å²) in [7, 11) is -4.97. The van der Waals surface area contributed by atoms with Crippen molar-refractivity contribution in [3.8, 4) is 0 Å². The molecule has 0 N–H and O–H groups in total. The quantitative estimate of drug-likeness (QED) is 0.228. The monoisotopic (exact) mass is 642 g/mol. The van der Waals surface area contributed by atoms with Crippen molar-refractivity contribution >= 4 is 91.6 Å². The molecule has 36 heavy (non-hydrogen) atoms. The molecule has 2 aromatic heterocycles. The maximum absolute atomic E-state index is 11.5. The minimum absolute atomic E-state index is 0. The molecule has 0 saturated carbocycles. The summed E-state index contributed by atoms with van der Waals surface area (Å²) in [4.78, 5) is 35.4. The van der Waals surface area contributed by atoms with Gasteiger partial charge in [0.25, 0.3) is 0 Å². The predicted octanol–water partition coefficient (Wildman–Crippen LogP) is 2.35. The predicted molar refractivity (Wildman–Crippen MR) is 139 cm³/mol. The molecule has 4 aromatic rings. The molecule has 0 aliphatic carbocycles. The maximum atomic E-state index is 11.5. The molecule has 0 saturated heterocycles. The molecule has 4 rings (SSSR count). The molecule has 0 unspecified atom stereocenters. The second-order valence-corrected chi connectivity index (χ2v) is 12.5. The topological polar surface area (TPSA) is 137 Å². The van der Waals surface area contributed by atoms with Crippen LogP contribution >= 0.6 is 38.6 Å². The molecule has 14 heteroatoms. The zero-order valence-corrected chi connectivity index (χ0v) is 26.7. The summed E-state index contributed by atoms with van der Waals surface area (Å²) in [5.74, 6) is 0. The van der Waals surface area contributed by atoms with Crippen LogP contribution in [-0.4, -0.2) is 33.2 Å². The number of hydrogen-bond donors (Lipinski definition) is 0. The van der Waals surface area contributed by atoms with Crippen molar-refractivity contribution in [2.45, 2.75) is 18.7 Å². The first-order valence-corrected chi connectivity index (χ1v) is 15.0. The van der Waals surface area contributed by atoms with Crippen molar-refractivity contribution in [1.29, 1.82) is 0 Å². The van der Waals surface area contributed by atoms with Gasteiger partial charge in [0.2, 0.25) is 0 Å². The first-order chi connectivity index (χ1) is 16.3. The number of thiophene rings is 2.